The highest BCUT2D eigenvalue weighted by molar-refractivity contribution is 7.99. The predicted octanol–water partition coefficient (Wildman–Crippen LogP) is 4.78. The van der Waals surface area contributed by atoms with Crippen LogP contribution in [0.1, 0.15) is 18.1 Å². The maximum Gasteiger partial charge on any atom is 0.270 e. The third-order valence-electron chi connectivity index (χ3n) is 5.11. The SMILES string of the molecule is C/C(=N\NC(=O)CSc1nnc(-c2ccccc2)n1-c1ccc(C)cc1)c1cccc([N+](=O)[O-])c1. The summed E-state index contributed by atoms with van der Waals surface area (Å²) in [5, 5.41) is 24.3. The summed E-state index contributed by atoms with van der Waals surface area (Å²) in [6.07, 6.45) is 0. The van der Waals surface area contributed by atoms with E-state index in [0.29, 0.717) is 22.3 Å². The van der Waals surface area contributed by atoms with Gasteiger partial charge in [0.2, 0.25) is 0 Å². The molecular weight excluding hydrogens is 464 g/mol. The summed E-state index contributed by atoms with van der Waals surface area (Å²) in [5.41, 5.74) is 6.42. The number of aryl methyl sites for hydroxylation is 1. The molecule has 1 N–H and O–H groups in total. The molecule has 0 radical (unpaired) electrons. The van der Waals surface area contributed by atoms with Crippen molar-refractivity contribution in [2.45, 2.75) is 19.0 Å². The molecule has 0 fully saturated rings. The van der Waals surface area contributed by atoms with Crippen LogP contribution in [0.2, 0.25) is 0 Å². The molecule has 0 saturated heterocycles. The van der Waals surface area contributed by atoms with E-state index in [1.165, 1.54) is 23.9 Å². The van der Waals surface area contributed by atoms with Crippen LogP contribution >= 0.6 is 11.8 Å². The van der Waals surface area contributed by atoms with Gasteiger partial charge in [-0.1, -0.05) is 71.9 Å². The second-order valence-corrected chi connectivity index (χ2v) is 8.61. The normalized spacial score (nSPS) is 11.3. The van der Waals surface area contributed by atoms with E-state index >= 15 is 0 Å². The summed E-state index contributed by atoms with van der Waals surface area (Å²) in [6, 6.07) is 23.8. The smallest absolute Gasteiger partial charge is 0.270 e. The second-order valence-electron chi connectivity index (χ2n) is 7.67. The lowest BCUT2D eigenvalue weighted by atomic mass is 10.1. The molecule has 0 bridgehead atoms. The Morgan fingerprint density at radius 3 is 2.51 bits per heavy atom. The number of aromatic nitrogens is 3. The molecule has 0 spiro atoms. The van der Waals surface area contributed by atoms with Crippen molar-refractivity contribution in [2.24, 2.45) is 5.10 Å². The number of amides is 1. The Labute approximate surface area is 206 Å². The minimum absolute atomic E-state index is 0.0383. The number of carbonyl (C=O) groups is 1. The predicted molar refractivity (Wildman–Crippen MR) is 136 cm³/mol. The molecule has 9 nitrogen and oxygen atoms in total. The van der Waals surface area contributed by atoms with Gasteiger partial charge in [-0.3, -0.25) is 19.5 Å². The van der Waals surface area contributed by atoms with Gasteiger partial charge in [0.25, 0.3) is 11.6 Å². The van der Waals surface area contributed by atoms with Crippen molar-refractivity contribution in [1.29, 1.82) is 0 Å². The minimum atomic E-state index is -0.472. The molecule has 1 aromatic heterocycles. The number of hydrogen-bond acceptors (Lipinski definition) is 7. The number of rotatable bonds is 8. The third kappa shape index (κ3) is 5.79. The van der Waals surface area contributed by atoms with Gasteiger partial charge in [-0.05, 0) is 26.0 Å². The van der Waals surface area contributed by atoms with E-state index in [4.69, 9.17) is 0 Å². The molecule has 4 aromatic rings. The Hall–Kier alpha value is -4.31. The number of thioether (sulfide) groups is 1. The number of benzene rings is 3. The van der Waals surface area contributed by atoms with Gasteiger partial charge in [-0.2, -0.15) is 5.10 Å². The number of non-ortho nitro benzene ring substituents is 1. The Bertz CT molecular complexity index is 1380. The zero-order valence-electron chi connectivity index (χ0n) is 19.1. The maximum atomic E-state index is 12.5. The molecule has 1 amide bonds. The summed E-state index contributed by atoms with van der Waals surface area (Å²) in [7, 11) is 0. The van der Waals surface area contributed by atoms with Crippen LogP contribution in [0.3, 0.4) is 0 Å². The van der Waals surface area contributed by atoms with Crippen molar-refractivity contribution in [2.75, 3.05) is 5.75 Å². The van der Waals surface area contributed by atoms with Crippen LogP contribution in [0.4, 0.5) is 5.69 Å². The van der Waals surface area contributed by atoms with Crippen molar-refractivity contribution >= 4 is 29.1 Å². The lowest BCUT2D eigenvalue weighted by Crippen LogP contribution is -2.21. The quantitative estimate of drug-likeness (QED) is 0.166. The number of nitrogens with one attached hydrogen (secondary N) is 1. The van der Waals surface area contributed by atoms with Gasteiger partial charge in [-0.25, -0.2) is 5.43 Å². The van der Waals surface area contributed by atoms with Gasteiger partial charge in [-0.15, -0.1) is 10.2 Å². The molecule has 0 aliphatic rings. The molecule has 0 atom stereocenters. The van der Waals surface area contributed by atoms with Crippen LogP contribution in [-0.4, -0.2) is 37.1 Å². The molecule has 0 unspecified atom stereocenters. The van der Waals surface area contributed by atoms with E-state index < -0.39 is 4.92 Å². The van der Waals surface area contributed by atoms with Gasteiger partial charge < -0.3 is 0 Å². The van der Waals surface area contributed by atoms with E-state index in [0.717, 1.165) is 16.8 Å². The highest BCUT2D eigenvalue weighted by atomic mass is 32.2. The van der Waals surface area contributed by atoms with Gasteiger partial charge in [0, 0.05) is 28.9 Å². The molecular formula is C25H22N6O3S. The van der Waals surface area contributed by atoms with Crippen molar-refractivity contribution < 1.29 is 9.72 Å². The number of nitrogens with zero attached hydrogens (tertiary/aromatic N) is 5. The number of hydrogen-bond donors (Lipinski definition) is 1. The molecule has 0 aliphatic heterocycles. The maximum absolute atomic E-state index is 12.5. The highest BCUT2D eigenvalue weighted by Gasteiger charge is 2.17. The van der Waals surface area contributed by atoms with Crippen molar-refractivity contribution in [1.82, 2.24) is 20.2 Å². The van der Waals surface area contributed by atoms with Gasteiger partial charge >= 0.3 is 0 Å². The van der Waals surface area contributed by atoms with E-state index in [1.807, 2.05) is 66.1 Å². The molecule has 3 aromatic carbocycles. The van der Waals surface area contributed by atoms with E-state index in [1.54, 1.807) is 19.1 Å². The number of nitro benzene ring substituents is 1. The zero-order valence-corrected chi connectivity index (χ0v) is 19.9. The van der Waals surface area contributed by atoms with Crippen LogP contribution in [0.15, 0.2) is 89.1 Å². The molecule has 0 saturated carbocycles. The summed E-state index contributed by atoms with van der Waals surface area (Å²) in [6.45, 7) is 3.69. The van der Waals surface area contributed by atoms with Gasteiger partial charge in [0.15, 0.2) is 11.0 Å². The molecule has 35 heavy (non-hydrogen) atoms. The van der Waals surface area contributed by atoms with E-state index in [-0.39, 0.29) is 17.3 Å². The summed E-state index contributed by atoms with van der Waals surface area (Å²) in [4.78, 5) is 23.0. The van der Waals surface area contributed by atoms with Crippen molar-refractivity contribution in [3.63, 3.8) is 0 Å². The Balaban J connectivity index is 1.50. The van der Waals surface area contributed by atoms with Crippen molar-refractivity contribution in [3.05, 3.63) is 100 Å². The first-order chi connectivity index (χ1) is 16.9. The monoisotopic (exact) mass is 486 g/mol. The fourth-order valence-corrected chi connectivity index (χ4v) is 4.03. The number of hydrazone groups is 1. The lowest BCUT2D eigenvalue weighted by molar-refractivity contribution is -0.384. The first kappa shape index (κ1) is 23.8. The standard InChI is InChI=1S/C25H22N6O3S/c1-17-11-13-21(14-12-17)30-24(19-7-4-3-5-8-19)28-29-25(30)35-16-23(32)27-26-18(2)20-9-6-10-22(15-20)31(33)34/h3-15H,16H2,1-2H3,(H,27,32)/b26-18+. The fourth-order valence-electron chi connectivity index (χ4n) is 3.28. The van der Waals surface area contributed by atoms with E-state index in [2.05, 4.69) is 20.7 Å². The topological polar surface area (TPSA) is 115 Å². The highest BCUT2D eigenvalue weighted by Crippen LogP contribution is 2.28. The molecule has 0 aliphatic carbocycles. The number of nitro groups is 1. The Morgan fingerprint density at radius 2 is 1.80 bits per heavy atom. The lowest BCUT2D eigenvalue weighted by Gasteiger charge is -2.10. The van der Waals surface area contributed by atoms with Gasteiger partial charge in [0.05, 0.1) is 16.4 Å². The van der Waals surface area contributed by atoms with Crippen molar-refractivity contribution in [3.8, 4) is 17.1 Å². The first-order valence-electron chi connectivity index (χ1n) is 10.7. The second kappa shape index (κ2) is 10.7. The average Bonchev–Trinajstić information content (AvgIpc) is 3.31. The third-order valence-corrected chi connectivity index (χ3v) is 6.04. The van der Waals surface area contributed by atoms with Crippen LogP contribution in [-0.2, 0) is 4.79 Å². The van der Waals surface area contributed by atoms with Gasteiger partial charge in [0.1, 0.15) is 0 Å². The summed E-state index contributed by atoms with van der Waals surface area (Å²) < 4.78 is 1.92. The fraction of sp³-hybridized carbons (Fsp3) is 0.120. The zero-order chi connectivity index (χ0) is 24.8. The molecule has 1 heterocycles. The van der Waals surface area contributed by atoms with Crippen LogP contribution < -0.4 is 5.43 Å². The molecule has 4 rings (SSSR count). The molecule has 10 heteroatoms. The van der Waals surface area contributed by atoms with Crippen LogP contribution in [0, 0.1) is 17.0 Å². The summed E-state index contributed by atoms with van der Waals surface area (Å²) >= 11 is 1.24. The number of carbonyl (C=O) groups excluding carboxylic acids is 1. The van der Waals surface area contributed by atoms with Crippen LogP contribution in [0.5, 0.6) is 0 Å². The minimum Gasteiger partial charge on any atom is -0.272 e. The largest absolute Gasteiger partial charge is 0.272 e. The Kier molecular flexibility index (Phi) is 7.32. The average molecular weight is 487 g/mol. The van der Waals surface area contributed by atoms with E-state index in [9.17, 15) is 14.9 Å². The Morgan fingerprint density at radius 1 is 1.06 bits per heavy atom. The molecule has 176 valence electrons. The first-order valence-corrected chi connectivity index (χ1v) is 11.7. The summed E-state index contributed by atoms with van der Waals surface area (Å²) in [5.74, 6) is 0.404. The van der Waals surface area contributed by atoms with Crippen LogP contribution in [0.25, 0.3) is 17.1 Å².